The quantitative estimate of drug-likeness (QED) is 0.181. The van der Waals surface area contributed by atoms with E-state index in [4.69, 9.17) is 50.8 Å². The average Bonchev–Trinajstić information content (AvgIpc) is 3.75. The Balaban J connectivity index is 1.20. The molecule has 7 rings (SSSR count). The molecule has 4 aromatic heterocycles. The molecule has 7 N–H and O–H groups in total. The fraction of sp³-hybridized carbons (Fsp3) is 0.522. The Bertz CT molecular complexity index is 1890. The van der Waals surface area contributed by atoms with Gasteiger partial charge in [0.15, 0.2) is 23.5 Å². The monoisotopic (exact) mass is 684 g/mol. The van der Waals surface area contributed by atoms with Crippen molar-refractivity contribution in [3.63, 3.8) is 0 Å². The second kappa shape index (κ2) is 11.7. The Labute approximate surface area is 259 Å². The molecule has 0 aromatic carbocycles. The van der Waals surface area contributed by atoms with Gasteiger partial charge in [-0.25, -0.2) is 15.0 Å². The predicted octanol–water partition coefficient (Wildman–Crippen LogP) is 0.255. The number of anilines is 2. The first-order valence-corrected chi connectivity index (χ1v) is 17.3. The van der Waals surface area contributed by atoms with Crippen LogP contribution >= 0.6 is 15.0 Å². The molecule has 0 amide bonds. The highest BCUT2D eigenvalue weighted by Crippen LogP contribution is 2.53. The van der Waals surface area contributed by atoms with E-state index in [1.807, 2.05) is 0 Å². The van der Waals surface area contributed by atoms with Crippen LogP contribution in [0.25, 0.3) is 22.2 Å². The van der Waals surface area contributed by atoms with Crippen molar-refractivity contribution in [2.24, 2.45) is 5.92 Å². The molecule has 19 nitrogen and oxygen atoms in total. The number of hydrogen-bond acceptors (Lipinski definition) is 16. The molecule has 22 heteroatoms. The number of nitrogen functional groups attached to an aromatic ring is 2. The number of hydrogen-bond donors (Lipinski definition) is 5. The summed E-state index contributed by atoms with van der Waals surface area (Å²) in [5.41, 5.74) is 11.7. The number of aromatic nitrogens is 7. The van der Waals surface area contributed by atoms with Crippen LogP contribution in [-0.2, 0) is 43.9 Å². The Morgan fingerprint density at radius 1 is 1.20 bits per heavy atom. The van der Waals surface area contributed by atoms with Gasteiger partial charge in [-0.3, -0.25) is 14.3 Å². The van der Waals surface area contributed by atoms with Gasteiger partial charge in [0, 0.05) is 23.8 Å². The normalized spacial score (nSPS) is 35.2. The summed E-state index contributed by atoms with van der Waals surface area (Å²) in [5.74, 6) is -0.485. The number of aromatic amines is 1. The van der Waals surface area contributed by atoms with Crippen molar-refractivity contribution in [2.75, 3.05) is 31.8 Å². The smallest absolute Gasteiger partial charge is 0.388 e. The third kappa shape index (κ3) is 5.45. The number of nitrogens with one attached hydrogen (secondary N) is 1. The zero-order chi connectivity index (χ0) is 31.6. The Morgan fingerprint density at radius 3 is 2.82 bits per heavy atom. The van der Waals surface area contributed by atoms with Crippen molar-refractivity contribution < 1.29 is 42.1 Å². The molecular weight excluding hydrogens is 656 g/mol. The number of imidazole rings is 1. The molecule has 4 aromatic rings. The number of aliphatic hydroxyl groups is 1. The van der Waals surface area contributed by atoms with Gasteiger partial charge in [-0.2, -0.15) is 4.98 Å². The molecule has 2 aliphatic heterocycles. The van der Waals surface area contributed by atoms with Gasteiger partial charge in [-0.05, 0) is 24.3 Å². The van der Waals surface area contributed by atoms with Crippen LogP contribution in [0.15, 0.2) is 29.7 Å². The third-order valence-electron chi connectivity index (χ3n) is 8.18. The first-order valence-electron chi connectivity index (χ1n) is 13.6. The highest BCUT2D eigenvalue weighted by Gasteiger charge is 2.54. The van der Waals surface area contributed by atoms with Gasteiger partial charge < -0.3 is 44.6 Å². The lowest BCUT2D eigenvalue weighted by Gasteiger charge is -2.27. The molecule has 2 bridgehead atoms. The highest BCUT2D eigenvalue weighted by atomic mass is 32.5. The van der Waals surface area contributed by atoms with Crippen LogP contribution in [0, 0.1) is 5.92 Å². The summed E-state index contributed by atoms with van der Waals surface area (Å²) >= 11 is 5.35. The first-order chi connectivity index (χ1) is 21.5. The lowest BCUT2D eigenvalue weighted by Crippen LogP contribution is -2.36. The zero-order valence-electron chi connectivity index (χ0n) is 23.4. The fourth-order valence-electron chi connectivity index (χ4n) is 6.16. The number of nitrogens with zero attached hydrogens (tertiary/aromatic N) is 6. The van der Waals surface area contributed by atoms with E-state index in [9.17, 15) is 19.4 Å². The van der Waals surface area contributed by atoms with Crippen LogP contribution in [0.5, 0.6) is 0 Å². The maximum Gasteiger partial charge on any atom is 0.697 e. The predicted molar refractivity (Wildman–Crippen MR) is 158 cm³/mol. The molecule has 45 heavy (non-hydrogen) atoms. The van der Waals surface area contributed by atoms with E-state index < -0.39 is 69.2 Å². The van der Waals surface area contributed by atoms with Gasteiger partial charge in [-0.15, -0.1) is 9.05 Å². The fourth-order valence-corrected chi connectivity index (χ4v) is 8.44. The van der Waals surface area contributed by atoms with Crippen molar-refractivity contribution >= 4 is 60.7 Å². The van der Waals surface area contributed by atoms with Crippen LogP contribution < -0.4 is 17.0 Å². The zero-order valence-corrected chi connectivity index (χ0v) is 26.0. The lowest BCUT2D eigenvalue weighted by molar-refractivity contribution is -0.0563. The Kier molecular flexibility index (Phi) is 7.94. The molecule has 1 aliphatic carbocycles. The van der Waals surface area contributed by atoms with E-state index in [1.165, 1.54) is 24.3 Å². The molecule has 3 fully saturated rings. The number of ether oxygens (including phenoxy) is 2. The van der Waals surface area contributed by atoms with Crippen molar-refractivity contribution in [3.05, 3.63) is 35.3 Å². The molecule has 10 atom stereocenters. The minimum Gasteiger partial charge on any atom is -0.388 e. The second-order valence-electron chi connectivity index (χ2n) is 10.7. The topological polar surface area (TPSA) is 259 Å². The summed E-state index contributed by atoms with van der Waals surface area (Å²) in [6.07, 6.45) is -1.73. The lowest BCUT2D eigenvalue weighted by atomic mass is 10.1. The summed E-state index contributed by atoms with van der Waals surface area (Å²) < 4.78 is 51.4. The molecule has 2 saturated heterocycles. The average molecular weight is 685 g/mol. The number of methoxy groups -OCH3 is 1. The van der Waals surface area contributed by atoms with Crippen molar-refractivity contribution in [2.45, 2.75) is 49.2 Å². The van der Waals surface area contributed by atoms with E-state index in [2.05, 4.69) is 24.9 Å². The van der Waals surface area contributed by atoms with Gasteiger partial charge in [0.05, 0.1) is 24.4 Å². The minimum absolute atomic E-state index is 0.0143. The molecule has 0 radical (unpaired) electrons. The number of fused-ring (bicyclic) bond motifs is 5. The van der Waals surface area contributed by atoms with Gasteiger partial charge in [0.2, 0.25) is 5.95 Å². The number of nitrogens with two attached hydrogens (primary N) is 2. The van der Waals surface area contributed by atoms with Gasteiger partial charge in [-0.1, -0.05) is 0 Å². The van der Waals surface area contributed by atoms with E-state index >= 15 is 0 Å². The van der Waals surface area contributed by atoms with Gasteiger partial charge >= 0.3 is 15.0 Å². The molecule has 2 unspecified atom stereocenters. The maximum atomic E-state index is 13.3. The molecule has 0 spiro atoms. The van der Waals surface area contributed by atoms with E-state index in [0.29, 0.717) is 11.0 Å². The number of aliphatic hydroxyl groups excluding tert-OH is 1. The summed E-state index contributed by atoms with van der Waals surface area (Å²) in [6, 6.07) is 1.13. The SMILES string of the molecule is CO[C@H]1[C@H]2O[P+](=O)OC[C@H]3C[C@@H](n4ccc5c(N)ncnc54)[C@H](O)[C@@H]3OP(O)(=S)OC[C@H]1O[C@H]2n1cnc2c(=O)[nH]c(N)nc21. The summed E-state index contributed by atoms with van der Waals surface area (Å²) in [4.78, 5) is 42.5. The number of rotatable bonds is 3. The van der Waals surface area contributed by atoms with Gasteiger partial charge in [0.25, 0.3) is 5.56 Å². The van der Waals surface area contributed by atoms with Crippen LogP contribution in [0.2, 0.25) is 0 Å². The summed E-state index contributed by atoms with van der Waals surface area (Å²) in [6.45, 7) is -4.56. The van der Waals surface area contributed by atoms with Crippen molar-refractivity contribution in [1.82, 2.24) is 34.1 Å². The molecule has 1 saturated carbocycles. The van der Waals surface area contributed by atoms with E-state index in [-0.39, 0.29) is 42.6 Å². The largest absolute Gasteiger partial charge is 0.697 e. The van der Waals surface area contributed by atoms with Crippen molar-refractivity contribution in [3.8, 4) is 0 Å². The molecule has 6 heterocycles. The maximum absolute atomic E-state index is 13.3. The Hall–Kier alpha value is -3.00. The van der Waals surface area contributed by atoms with Crippen LogP contribution in [0.4, 0.5) is 11.8 Å². The number of H-pyrrole nitrogens is 1. The minimum atomic E-state index is -4.02. The standard InChI is InChI=1S/C23H27N9O10P2S/c1-37-16-12-6-39-44(36,45)42-15-9(4-11(14(15)33)31-3-2-10-18(24)26-7-27-19(10)31)5-38-43(35)41-17(16)22(40-12)32-8-28-13-20(32)29-23(25)30-21(13)34/h2-3,7-9,11-12,14-17,22,33H,4-6H2,1H3,(H5-,24,25,26,27,29,30,34,36,45)/p+1/t9-,11-,12-,14+,15-,16-,17-,22-,44?/m1/s1. The Morgan fingerprint density at radius 2 is 2.02 bits per heavy atom. The third-order valence-corrected chi connectivity index (χ3v) is 10.5. The van der Waals surface area contributed by atoms with Crippen LogP contribution in [-0.4, -0.2) is 94.9 Å². The highest BCUT2D eigenvalue weighted by molar-refractivity contribution is 8.07. The second-order valence-corrected chi connectivity index (χ2v) is 14.4. The molecule has 240 valence electrons. The van der Waals surface area contributed by atoms with Crippen LogP contribution in [0.3, 0.4) is 0 Å². The van der Waals surface area contributed by atoms with Gasteiger partial charge in [0.1, 0.15) is 48.8 Å². The van der Waals surface area contributed by atoms with E-state index in [1.54, 1.807) is 16.8 Å². The molecular formula is C23H28N9O10P2S+. The molecule has 3 aliphatic rings. The summed E-state index contributed by atoms with van der Waals surface area (Å²) in [7, 11) is -1.43. The first kappa shape index (κ1) is 30.6. The van der Waals surface area contributed by atoms with E-state index in [0.717, 1.165) is 0 Å². The van der Waals surface area contributed by atoms with Crippen LogP contribution in [0.1, 0.15) is 18.7 Å². The van der Waals surface area contributed by atoms with Crippen molar-refractivity contribution in [1.29, 1.82) is 0 Å². The summed E-state index contributed by atoms with van der Waals surface area (Å²) in [5, 5.41) is 12.0.